The molecule has 2 nitrogen and oxygen atoms in total. The molecule has 0 aliphatic heterocycles. The fraction of sp³-hybridized carbons (Fsp3) is 0.143. The van der Waals surface area contributed by atoms with Crippen LogP contribution >= 0.6 is 17.0 Å². The van der Waals surface area contributed by atoms with Gasteiger partial charge in [-0.05, 0) is 16.7 Å². The lowest BCUT2D eigenvalue weighted by Gasteiger charge is -2.40. The Morgan fingerprint density at radius 3 is 1.17 bits per heavy atom. The molecule has 0 fully saturated rings. The molecular formula is C21H23BrN2. The van der Waals surface area contributed by atoms with Crippen LogP contribution in [0, 0.1) is 0 Å². The van der Waals surface area contributed by atoms with Crippen molar-refractivity contribution in [1.82, 2.24) is 0 Å². The molecule has 0 heterocycles. The van der Waals surface area contributed by atoms with E-state index in [1.54, 1.807) is 0 Å². The van der Waals surface area contributed by atoms with Crippen molar-refractivity contribution < 1.29 is 0 Å². The number of hydrogen-bond acceptors (Lipinski definition) is 2. The van der Waals surface area contributed by atoms with Crippen LogP contribution in [-0.4, -0.2) is 12.6 Å². The van der Waals surface area contributed by atoms with Crippen molar-refractivity contribution in [2.75, 3.05) is 6.54 Å². The lowest BCUT2D eigenvalue weighted by atomic mass is 9.65. The highest BCUT2D eigenvalue weighted by Gasteiger charge is 2.41. The van der Waals surface area contributed by atoms with E-state index >= 15 is 0 Å². The molecule has 1 atom stereocenters. The number of hydrogen-bond donors (Lipinski definition) is 2. The normalized spacial score (nSPS) is 12.2. The summed E-state index contributed by atoms with van der Waals surface area (Å²) in [5.41, 5.74) is 15.7. The molecule has 0 bridgehead atoms. The first-order chi connectivity index (χ1) is 11.3. The van der Waals surface area contributed by atoms with Gasteiger partial charge in [0.25, 0.3) is 0 Å². The van der Waals surface area contributed by atoms with Crippen molar-refractivity contribution >= 4 is 17.0 Å². The third-order valence-electron chi connectivity index (χ3n) is 4.50. The fourth-order valence-electron chi connectivity index (χ4n) is 3.42. The van der Waals surface area contributed by atoms with Crippen LogP contribution in [0.4, 0.5) is 0 Å². The van der Waals surface area contributed by atoms with E-state index in [2.05, 4.69) is 72.8 Å². The number of nitrogens with two attached hydrogens (primary N) is 2. The highest BCUT2D eigenvalue weighted by Crippen LogP contribution is 2.41. The Kier molecular flexibility index (Phi) is 6.32. The Hall–Kier alpha value is -1.94. The molecule has 3 aromatic rings. The maximum Gasteiger partial charge on any atom is 0.0614 e. The van der Waals surface area contributed by atoms with Gasteiger partial charge in [0.2, 0.25) is 0 Å². The first kappa shape index (κ1) is 18.4. The highest BCUT2D eigenvalue weighted by molar-refractivity contribution is 8.93. The summed E-state index contributed by atoms with van der Waals surface area (Å²) in [6.45, 7) is 0.401. The second-order valence-electron chi connectivity index (χ2n) is 5.75. The van der Waals surface area contributed by atoms with Crippen molar-refractivity contribution in [1.29, 1.82) is 0 Å². The van der Waals surface area contributed by atoms with E-state index in [1.165, 1.54) is 0 Å². The summed E-state index contributed by atoms with van der Waals surface area (Å²) in [5, 5.41) is 0. The van der Waals surface area contributed by atoms with Gasteiger partial charge in [0.15, 0.2) is 0 Å². The summed E-state index contributed by atoms with van der Waals surface area (Å²) in [5.74, 6) is 0. The smallest absolute Gasteiger partial charge is 0.0614 e. The maximum absolute atomic E-state index is 6.62. The molecule has 3 rings (SSSR count). The Morgan fingerprint density at radius 2 is 0.917 bits per heavy atom. The largest absolute Gasteiger partial charge is 0.329 e. The lowest BCUT2D eigenvalue weighted by molar-refractivity contribution is 0.481. The van der Waals surface area contributed by atoms with E-state index in [-0.39, 0.29) is 23.0 Å². The monoisotopic (exact) mass is 382 g/mol. The van der Waals surface area contributed by atoms with E-state index in [0.717, 1.165) is 16.7 Å². The van der Waals surface area contributed by atoms with Crippen LogP contribution < -0.4 is 11.5 Å². The maximum atomic E-state index is 6.62. The molecule has 0 aliphatic rings. The molecule has 24 heavy (non-hydrogen) atoms. The molecule has 0 aliphatic carbocycles. The van der Waals surface area contributed by atoms with Crippen LogP contribution in [0.3, 0.4) is 0 Å². The number of rotatable bonds is 5. The predicted molar refractivity (Wildman–Crippen MR) is 107 cm³/mol. The summed E-state index contributed by atoms with van der Waals surface area (Å²) in [4.78, 5) is 0. The van der Waals surface area contributed by atoms with Crippen molar-refractivity contribution in [3.05, 3.63) is 108 Å². The van der Waals surface area contributed by atoms with Crippen molar-refractivity contribution in [3.8, 4) is 0 Å². The second-order valence-corrected chi connectivity index (χ2v) is 5.75. The minimum Gasteiger partial charge on any atom is -0.329 e. The minimum atomic E-state index is -0.460. The van der Waals surface area contributed by atoms with Gasteiger partial charge < -0.3 is 11.5 Å². The fourth-order valence-corrected chi connectivity index (χ4v) is 3.42. The van der Waals surface area contributed by atoms with Crippen LogP contribution in [0.15, 0.2) is 91.0 Å². The average Bonchev–Trinajstić information content (AvgIpc) is 2.65. The van der Waals surface area contributed by atoms with Gasteiger partial charge in [-0.15, -0.1) is 17.0 Å². The van der Waals surface area contributed by atoms with E-state index in [9.17, 15) is 0 Å². The van der Waals surface area contributed by atoms with Gasteiger partial charge in [0.05, 0.1) is 5.41 Å². The van der Waals surface area contributed by atoms with Gasteiger partial charge in [0, 0.05) is 12.6 Å². The zero-order chi connectivity index (χ0) is 16.1. The molecule has 0 saturated carbocycles. The van der Waals surface area contributed by atoms with Crippen LogP contribution in [-0.2, 0) is 5.41 Å². The SMILES string of the molecule is Br.NCC(N)C(c1ccccc1)(c1ccccc1)c1ccccc1. The Bertz CT molecular complexity index is 633. The summed E-state index contributed by atoms with van der Waals surface area (Å²) in [6, 6.07) is 31.0. The van der Waals surface area contributed by atoms with Crippen molar-refractivity contribution in [2.24, 2.45) is 11.5 Å². The Morgan fingerprint density at radius 1 is 0.625 bits per heavy atom. The van der Waals surface area contributed by atoms with Gasteiger partial charge in [-0.25, -0.2) is 0 Å². The molecule has 0 radical (unpaired) electrons. The number of halogens is 1. The number of benzene rings is 3. The third-order valence-corrected chi connectivity index (χ3v) is 4.50. The summed E-state index contributed by atoms with van der Waals surface area (Å²) in [7, 11) is 0. The third kappa shape index (κ3) is 3.16. The Balaban J connectivity index is 0.00000208. The molecule has 1 unspecified atom stereocenters. The summed E-state index contributed by atoms with van der Waals surface area (Å²) >= 11 is 0. The molecule has 0 saturated heterocycles. The zero-order valence-electron chi connectivity index (χ0n) is 13.5. The zero-order valence-corrected chi connectivity index (χ0v) is 15.2. The van der Waals surface area contributed by atoms with E-state index in [0.29, 0.717) is 6.54 Å². The minimum absolute atomic E-state index is 0. The first-order valence-electron chi connectivity index (χ1n) is 7.92. The van der Waals surface area contributed by atoms with Gasteiger partial charge in [-0.3, -0.25) is 0 Å². The first-order valence-corrected chi connectivity index (χ1v) is 7.92. The Labute approximate surface area is 154 Å². The molecule has 3 heteroatoms. The lowest BCUT2D eigenvalue weighted by Crippen LogP contribution is -2.51. The van der Waals surface area contributed by atoms with Gasteiger partial charge in [-0.2, -0.15) is 0 Å². The van der Waals surface area contributed by atoms with Gasteiger partial charge >= 0.3 is 0 Å². The second kappa shape index (κ2) is 8.25. The summed E-state index contributed by atoms with van der Waals surface area (Å²) in [6.07, 6.45) is 0. The quantitative estimate of drug-likeness (QED) is 0.657. The van der Waals surface area contributed by atoms with Crippen molar-refractivity contribution in [3.63, 3.8) is 0 Å². The molecule has 3 aromatic carbocycles. The van der Waals surface area contributed by atoms with E-state index in [4.69, 9.17) is 11.5 Å². The molecule has 0 aromatic heterocycles. The molecular weight excluding hydrogens is 360 g/mol. The van der Waals surface area contributed by atoms with E-state index in [1.807, 2.05) is 18.2 Å². The topological polar surface area (TPSA) is 52.0 Å². The highest BCUT2D eigenvalue weighted by atomic mass is 79.9. The van der Waals surface area contributed by atoms with Crippen LogP contribution in [0.5, 0.6) is 0 Å². The van der Waals surface area contributed by atoms with Crippen LogP contribution in [0.2, 0.25) is 0 Å². The molecule has 4 N–H and O–H groups in total. The molecule has 0 spiro atoms. The van der Waals surface area contributed by atoms with Crippen LogP contribution in [0.25, 0.3) is 0 Å². The predicted octanol–water partition coefficient (Wildman–Crippen LogP) is 3.88. The molecule has 0 amide bonds. The van der Waals surface area contributed by atoms with Crippen molar-refractivity contribution in [2.45, 2.75) is 11.5 Å². The van der Waals surface area contributed by atoms with Crippen LogP contribution in [0.1, 0.15) is 16.7 Å². The average molecular weight is 383 g/mol. The standard InChI is InChI=1S/C21H22N2.BrH/c22-16-20(23)21(17-10-4-1-5-11-17,18-12-6-2-7-13-18)19-14-8-3-9-15-19;/h1-15,20H,16,22-23H2;1H. The van der Waals surface area contributed by atoms with Gasteiger partial charge in [0.1, 0.15) is 0 Å². The molecule has 124 valence electrons. The summed E-state index contributed by atoms with van der Waals surface area (Å²) < 4.78 is 0. The van der Waals surface area contributed by atoms with Gasteiger partial charge in [-0.1, -0.05) is 91.0 Å². The van der Waals surface area contributed by atoms with E-state index < -0.39 is 5.41 Å².